The number of nitrogens with zero attached hydrogens (tertiary/aromatic N) is 3. The van der Waals surface area contributed by atoms with Crippen molar-refractivity contribution in [3.05, 3.63) is 28.7 Å². The van der Waals surface area contributed by atoms with Crippen LogP contribution in [0, 0.1) is 13.8 Å². The maximum absolute atomic E-state index is 11.6. The van der Waals surface area contributed by atoms with E-state index in [1.54, 1.807) is 6.92 Å². The number of rotatable bonds is 3. The fourth-order valence-corrected chi connectivity index (χ4v) is 2.02. The van der Waals surface area contributed by atoms with E-state index in [4.69, 9.17) is 0 Å². The summed E-state index contributed by atoms with van der Waals surface area (Å²) in [4.78, 5) is 24.0. The summed E-state index contributed by atoms with van der Waals surface area (Å²) in [5, 5.41) is 5.59. The predicted molar refractivity (Wildman–Crippen MR) is 68.2 cm³/mol. The molecule has 0 saturated heterocycles. The monoisotopic (exact) mass is 264 g/mol. The number of ether oxygens (including phenoxy) is 1. The first-order chi connectivity index (χ1) is 8.60. The third-order valence-corrected chi connectivity index (χ3v) is 3.03. The number of hydrogen-bond acceptors (Lipinski definition) is 7. The summed E-state index contributed by atoms with van der Waals surface area (Å²) in [6.45, 7) is 3.65. The quantitative estimate of drug-likeness (QED) is 0.855. The Balaban J connectivity index is 2.36. The number of hydrogen-bond donors (Lipinski definition) is 1. The van der Waals surface area contributed by atoms with Crippen molar-refractivity contribution < 1.29 is 9.53 Å². The highest BCUT2D eigenvalue weighted by Crippen LogP contribution is 2.22. The summed E-state index contributed by atoms with van der Waals surface area (Å²) in [6, 6.07) is 0. The number of carbonyl (C=O) groups excluding carboxylic acids is 1. The lowest BCUT2D eigenvalue weighted by Gasteiger charge is -2.07. The number of nitrogens with one attached hydrogen (secondary N) is 1. The van der Waals surface area contributed by atoms with Gasteiger partial charge >= 0.3 is 5.97 Å². The van der Waals surface area contributed by atoms with E-state index in [9.17, 15) is 4.79 Å². The van der Waals surface area contributed by atoms with Gasteiger partial charge in [0.25, 0.3) is 0 Å². The van der Waals surface area contributed by atoms with Gasteiger partial charge < -0.3 is 10.1 Å². The highest BCUT2D eigenvalue weighted by atomic mass is 32.1. The van der Waals surface area contributed by atoms with Crippen LogP contribution in [0.4, 0.5) is 10.9 Å². The summed E-state index contributed by atoms with van der Waals surface area (Å²) >= 11 is 1.44. The zero-order chi connectivity index (χ0) is 13.1. The fourth-order valence-electron chi connectivity index (χ4n) is 1.34. The van der Waals surface area contributed by atoms with Gasteiger partial charge in [0, 0.05) is 11.6 Å². The van der Waals surface area contributed by atoms with Crippen LogP contribution in [-0.2, 0) is 4.74 Å². The topological polar surface area (TPSA) is 77.0 Å². The Bertz CT molecular complexity index is 582. The van der Waals surface area contributed by atoms with Crippen molar-refractivity contribution in [1.29, 1.82) is 0 Å². The second-order valence-corrected chi connectivity index (χ2v) is 4.45. The Kier molecular flexibility index (Phi) is 3.52. The van der Waals surface area contributed by atoms with Crippen LogP contribution in [-0.4, -0.2) is 28.0 Å². The van der Waals surface area contributed by atoms with Crippen molar-refractivity contribution in [3.8, 4) is 0 Å². The van der Waals surface area contributed by atoms with Crippen LogP contribution in [0.15, 0.2) is 11.6 Å². The summed E-state index contributed by atoms with van der Waals surface area (Å²) < 4.78 is 4.68. The maximum atomic E-state index is 11.6. The lowest BCUT2D eigenvalue weighted by atomic mass is 10.3. The molecule has 2 heterocycles. The standard InChI is InChI=1S/C11H12N4O2S/c1-6-5-18-11(13-6)15-9-8(10(16)17-3)4-12-7(2)14-9/h4-5H,1-3H3,(H,12,13,14,15). The Labute approximate surface area is 108 Å². The van der Waals surface area contributed by atoms with Crippen LogP contribution >= 0.6 is 11.3 Å². The molecule has 2 aromatic rings. The minimum atomic E-state index is -0.481. The van der Waals surface area contributed by atoms with Gasteiger partial charge in [-0.05, 0) is 13.8 Å². The zero-order valence-corrected chi connectivity index (χ0v) is 11.0. The number of aryl methyl sites for hydroxylation is 2. The van der Waals surface area contributed by atoms with Gasteiger partial charge in [-0.3, -0.25) is 0 Å². The number of carbonyl (C=O) groups is 1. The molecule has 94 valence electrons. The average Bonchev–Trinajstić information content (AvgIpc) is 2.74. The first kappa shape index (κ1) is 12.4. The van der Waals surface area contributed by atoms with E-state index >= 15 is 0 Å². The summed E-state index contributed by atoms with van der Waals surface area (Å²) in [7, 11) is 1.32. The fraction of sp³-hybridized carbons (Fsp3) is 0.273. The van der Waals surface area contributed by atoms with E-state index in [1.807, 2.05) is 12.3 Å². The summed E-state index contributed by atoms with van der Waals surface area (Å²) in [5.41, 5.74) is 1.20. The molecule has 0 bridgehead atoms. The predicted octanol–water partition coefficient (Wildman–Crippen LogP) is 2.08. The Morgan fingerprint density at radius 2 is 2.17 bits per heavy atom. The van der Waals surface area contributed by atoms with Crippen molar-refractivity contribution in [2.75, 3.05) is 12.4 Å². The van der Waals surface area contributed by atoms with Crippen LogP contribution in [0.1, 0.15) is 21.9 Å². The summed E-state index contributed by atoms with van der Waals surface area (Å²) in [6.07, 6.45) is 1.44. The molecular formula is C11H12N4O2S. The molecule has 0 amide bonds. The lowest BCUT2D eigenvalue weighted by molar-refractivity contribution is 0.0601. The van der Waals surface area contributed by atoms with Crippen LogP contribution in [0.25, 0.3) is 0 Å². The highest BCUT2D eigenvalue weighted by Gasteiger charge is 2.15. The first-order valence-electron chi connectivity index (χ1n) is 5.21. The molecular weight excluding hydrogens is 252 g/mol. The average molecular weight is 264 g/mol. The van der Waals surface area contributed by atoms with Crippen LogP contribution in [0.3, 0.4) is 0 Å². The second-order valence-electron chi connectivity index (χ2n) is 3.59. The molecule has 7 heteroatoms. The third kappa shape index (κ3) is 2.62. The summed E-state index contributed by atoms with van der Waals surface area (Å²) in [5.74, 6) is 0.493. The number of esters is 1. The molecule has 0 aliphatic heterocycles. The van der Waals surface area contributed by atoms with Gasteiger partial charge in [0.15, 0.2) is 10.9 Å². The molecule has 18 heavy (non-hydrogen) atoms. The molecule has 1 N–H and O–H groups in total. The minimum Gasteiger partial charge on any atom is -0.465 e. The molecule has 2 aromatic heterocycles. The van der Waals surface area contributed by atoms with Crippen molar-refractivity contribution in [2.45, 2.75) is 13.8 Å². The molecule has 0 unspecified atom stereocenters. The molecule has 0 aliphatic rings. The molecule has 0 aliphatic carbocycles. The van der Waals surface area contributed by atoms with Gasteiger partial charge in [0.05, 0.1) is 12.8 Å². The van der Waals surface area contributed by atoms with Crippen molar-refractivity contribution in [3.63, 3.8) is 0 Å². The van der Waals surface area contributed by atoms with E-state index in [1.165, 1.54) is 24.6 Å². The Hall–Kier alpha value is -2.02. The van der Waals surface area contributed by atoms with Gasteiger partial charge in [-0.25, -0.2) is 19.7 Å². The molecule has 6 nitrogen and oxygen atoms in total. The maximum Gasteiger partial charge on any atom is 0.343 e. The lowest BCUT2D eigenvalue weighted by Crippen LogP contribution is -2.09. The Morgan fingerprint density at radius 3 is 2.78 bits per heavy atom. The second kappa shape index (κ2) is 5.09. The molecule has 0 radical (unpaired) electrons. The van der Waals surface area contributed by atoms with Crippen LogP contribution < -0.4 is 5.32 Å². The molecule has 0 fully saturated rings. The van der Waals surface area contributed by atoms with E-state index < -0.39 is 5.97 Å². The van der Waals surface area contributed by atoms with E-state index in [0.717, 1.165) is 5.69 Å². The smallest absolute Gasteiger partial charge is 0.343 e. The van der Waals surface area contributed by atoms with E-state index in [0.29, 0.717) is 16.8 Å². The molecule has 0 aromatic carbocycles. The highest BCUT2D eigenvalue weighted by molar-refractivity contribution is 7.13. The van der Waals surface area contributed by atoms with Crippen molar-refractivity contribution in [1.82, 2.24) is 15.0 Å². The van der Waals surface area contributed by atoms with Gasteiger partial charge in [-0.2, -0.15) is 0 Å². The third-order valence-electron chi connectivity index (χ3n) is 2.16. The van der Waals surface area contributed by atoms with Crippen molar-refractivity contribution in [2.24, 2.45) is 0 Å². The number of thiazole rings is 1. The van der Waals surface area contributed by atoms with Crippen LogP contribution in [0.2, 0.25) is 0 Å². The number of anilines is 2. The molecule has 2 rings (SSSR count). The number of methoxy groups -OCH3 is 1. The number of aromatic nitrogens is 3. The molecule has 0 spiro atoms. The Morgan fingerprint density at radius 1 is 1.39 bits per heavy atom. The van der Waals surface area contributed by atoms with Gasteiger partial charge in [0.1, 0.15) is 11.4 Å². The van der Waals surface area contributed by atoms with E-state index in [-0.39, 0.29) is 5.56 Å². The van der Waals surface area contributed by atoms with Crippen molar-refractivity contribution >= 4 is 28.3 Å². The molecule has 0 atom stereocenters. The molecule has 0 saturated carbocycles. The normalized spacial score (nSPS) is 10.2. The minimum absolute atomic E-state index is 0.288. The van der Waals surface area contributed by atoms with Gasteiger partial charge in [-0.1, -0.05) is 0 Å². The zero-order valence-electron chi connectivity index (χ0n) is 10.2. The van der Waals surface area contributed by atoms with Gasteiger partial charge in [-0.15, -0.1) is 11.3 Å². The largest absolute Gasteiger partial charge is 0.465 e. The van der Waals surface area contributed by atoms with E-state index in [2.05, 4.69) is 25.0 Å². The SMILES string of the molecule is COC(=O)c1cnc(C)nc1Nc1nc(C)cs1. The van der Waals surface area contributed by atoms with Gasteiger partial charge in [0.2, 0.25) is 0 Å². The van der Waals surface area contributed by atoms with Crippen LogP contribution in [0.5, 0.6) is 0 Å². The first-order valence-corrected chi connectivity index (χ1v) is 6.09.